The number of benzene rings is 2. The lowest BCUT2D eigenvalue weighted by atomic mass is 10.2. The Labute approximate surface area is 174 Å². The number of carbonyl (C=O) groups excluding carboxylic acids is 1. The van der Waals surface area contributed by atoms with Crippen molar-refractivity contribution in [3.63, 3.8) is 0 Å². The molecule has 0 aromatic heterocycles. The van der Waals surface area contributed by atoms with Crippen LogP contribution in [0.15, 0.2) is 42.5 Å². The van der Waals surface area contributed by atoms with Crippen molar-refractivity contribution in [2.24, 2.45) is 0 Å². The third kappa shape index (κ3) is 4.96. The van der Waals surface area contributed by atoms with Crippen LogP contribution in [0.2, 0.25) is 5.02 Å². The summed E-state index contributed by atoms with van der Waals surface area (Å²) in [6.45, 7) is 5.18. The van der Waals surface area contributed by atoms with Crippen LogP contribution in [0.25, 0.3) is 0 Å². The molecule has 0 unspecified atom stereocenters. The molecule has 1 aliphatic heterocycles. The zero-order valence-electron chi connectivity index (χ0n) is 16.4. The number of quaternary nitrogens is 1. The van der Waals surface area contributed by atoms with Crippen LogP contribution < -0.4 is 19.9 Å². The number of anilines is 2. The van der Waals surface area contributed by atoms with Crippen LogP contribution in [-0.4, -0.2) is 50.2 Å². The third-order valence-corrected chi connectivity index (χ3v) is 5.47. The zero-order chi connectivity index (χ0) is 21.0. The van der Waals surface area contributed by atoms with Crippen molar-refractivity contribution >= 4 is 34.6 Å². The Kier molecular flexibility index (Phi) is 6.56. The minimum absolute atomic E-state index is 0.0874. The number of nitro groups is 1. The van der Waals surface area contributed by atoms with Crippen molar-refractivity contribution < 1.29 is 19.4 Å². The van der Waals surface area contributed by atoms with Gasteiger partial charge in [-0.3, -0.25) is 14.9 Å². The van der Waals surface area contributed by atoms with Crippen LogP contribution in [0.4, 0.5) is 17.1 Å². The van der Waals surface area contributed by atoms with E-state index in [-0.39, 0.29) is 23.4 Å². The van der Waals surface area contributed by atoms with Crippen molar-refractivity contribution in [2.45, 2.75) is 13.0 Å². The minimum atomic E-state index is -0.500. The second kappa shape index (κ2) is 9.11. The SMILES string of the molecule is COc1cc([N+](=O)[O-])ccc1NC(=O)[C@H](C)[NH+]1CCN(c2cccc(Cl)c2)CC1. The number of nitrogens with zero attached hydrogens (tertiary/aromatic N) is 2. The minimum Gasteiger partial charge on any atom is -0.494 e. The average Bonchev–Trinajstić information content (AvgIpc) is 2.73. The fourth-order valence-corrected chi connectivity index (χ4v) is 3.67. The molecule has 1 aliphatic rings. The lowest BCUT2D eigenvalue weighted by Crippen LogP contribution is -3.19. The summed E-state index contributed by atoms with van der Waals surface area (Å²) < 4.78 is 5.19. The van der Waals surface area contributed by atoms with E-state index in [1.54, 1.807) is 0 Å². The molecular weight excluding hydrogens is 396 g/mol. The molecule has 2 aromatic carbocycles. The highest BCUT2D eigenvalue weighted by Crippen LogP contribution is 2.29. The highest BCUT2D eigenvalue weighted by Gasteiger charge is 2.30. The van der Waals surface area contributed by atoms with Crippen molar-refractivity contribution in [1.29, 1.82) is 0 Å². The van der Waals surface area contributed by atoms with Gasteiger partial charge in [-0.25, -0.2) is 0 Å². The molecule has 1 amide bonds. The van der Waals surface area contributed by atoms with Crippen molar-refractivity contribution in [2.75, 3.05) is 43.5 Å². The molecule has 29 heavy (non-hydrogen) atoms. The number of methoxy groups -OCH3 is 1. The van der Waals surface area contributed by atoms with E-state index in [4.69, 9.17) is 16.3 Å². The zero-order valence-corrected chi connectivity index (χ0v) is 17.1. The van der Waals surface area contributed by atoms with Crippen LogP contribution in [-0.2, 0) is 4.79 Å². The Bertz CT molecular complexity index is 900. The summed E-state index contributed by atoms with van der Waals surface area (Å²) in [5.74, 6) is 0.115. The highest BCUT2D eigenvalue weighted by molar-refractivity contribution is 6.30. The maximum Gasteiger partial charge on any atom is 0.282 e. The van der Waals surface area contributed by atoms with Crippen LogP contribution >= 0.6 is 11.6 Å². The standard InChI is InChI=1S/C20H23ClN4O4/c1-14(20(26)22-18-7-6-17(25(27)28)13-19(18)29-2)23-8-10-24(11-9-23)16-5-3-4-15(21)12-16/h3-7,12-14H,8-11H2,1-2H3,(H,22,26)/p+1/t14-/m0/s1. The van der Waals surface area contributed by atoms with Crippen LogP contribution in [0.1, 0.15) is 6.92 Å². The lowest BCUT2D eigenvalue weighted by molar-refractivity contribution is -0.914. The second-order valence-corrected chi connectivity index (χ2v) is 7.41. The van der Waals surface area contributed by atoms with Crippen LogP contribution in [0.5, 0.6) is 5.75 Å². The first-order valence-electron chi connectivity index (χ1n) is 9.37. The number of piperazine rings is 1. The molecule has 2 aromatic rings. The Morgan fingerprint density at radius 2 is 2.00 bits per heavy atom. The van der Waals surface area contributed by atoms with Crippen LogP contribution in [0, 0.1) is 10.1 Å². The van der Waals surface area contributed by atoms with Gasteiger partial charge >= 0.3 is 0 Å². The monoisotopic (exact) mass is 419 g/mol. The lowest BCUT2D eigenvalue weighted by Gasteiger charge is -2.36. The van der Waals surface area contributed by atoms with E-state index in [2.05, 4.69) is 10.2 Å². The van der Waals surface area contributed by atoms with Crippen molar-refractivity contribution in [3.05, 3.63) is 57.6 Å². The molecule has 9 heteroatoms. The average molecular weight is 420 g/mol. The Balaban J connectivity index is 1.60. The molecule has 1 atom stereocenters. The summed E-state index contributed by atoms with van der Waals surface area (Å²) in [6, 6.07) is 11.6. The fourth-order valence-electron chi connectivity index (χ4n) is 3.48. The third-order valence-electron chi connectivity index (χ3n) is 5.24. The first kappa shape index (κ1) is 20.9. The molecule has 0 spiro atoms. The number of hydrogen-bond donors (Lipinski definition) is 2. The Hall–Kier alpha value is -2.84. The van der Waals surface area contributed by atoms with E-state index in [1.165, 1.54) is 30.2 Å². The molecule has 3 rings (SSSR count). The normalized spacial score (nSPS) is 15.6. The van der Waals surface area contributed by atoms with Gasteiger partial charge in [-0.2, -0.15) is 0 Å². The van der Waals surface area contributed by atoms with E-state index in [1.807, 2.05) is 31.2 Å². The summed E-state index contributed by atoms with van der Waals surface area (Å²) in [7, 11) is 1.42. The van der Waals surface area contributed by atoms with Gasteiger partial charge < -0.3 is 19.9 Å². The van der Waals surface area contributed by atoms with Crippen LogP contribution in [0.3, 0.4) is 0 Å². The maximum atomic E-state index is 12.7. The quantitative estimate of drug-likeness (QED) is 0.552. The van der Waals surface area contributed by atoms with Gasteiger partial charge in [-0.15, -0.1) is 0 Å². The number of non-ortho nitro benzene ring substituents is 1. The molecule has 1 heterocycles. The van der Waals surface area contributed by atoms with Gasteiger partial charge in [-0.1, -0.05) is 17.7 Å². The van der Waals surface area contributed by atoms with E-state index in [0.29, 0.717) is 10.7 Å². The molecule has 0 saturated carbocycles. The summed E-state index contributed by atoms with van der Waals surface area (Å²) in [5, 5.41) is 14.5. The maximum absolute atomic E-state index is 12.7. The van der Waals surface area contributed by atoms with Crippen molar-refractivity contribution in [3.8, 4) is 5.75 Å². The topological polar surface area (TPSA) is 89.1 Å². The van der Waals surface area contributed by atoms with Crippen molar-refractivity contribution in [1.82, 2.24) is 0 Å². The van der Waals surface area contributed by atoms with Gasteiger partial charge in [0.25, 0.3) is 11.6 Å². The molecule has 8 nitrogen and oxygen atoms in total. The van der Waals surface area contributed by atoms with Gasteiger partial charge in [0.15, 0.2) is 6.04 Å². The second-order valence-electron chi connectivity index (χ2n) is 6.98. The summed E-state index contributed by atoms with van der Waals surface area (Å²) >= 11 is 6.08. The molecule has 0 radical (unpaired) electrons. The number of rotatable bonds is 6. The number of halogens is 1. The highest BCUT2D eigenvalue weighted by atomic mass is 35.5. The number of amides is 1. The molecule has 154 valence electrons. The van der Waals surface area contributed by atoms with Gasteiger partial charge in [-0.05, 0) is 31.2 Å². The summed E-state index contributed by atoms with van der Waals surface area (Å²) in [5.41, 5.74) is 1.42. The van der Waals surface area contributed by atoms with E-state index < -0.39 is 4.92 Å². The number of hydrogen-bond acceptors (Lipinski definition) is 5. The molecule has 0 bridgehead atoms. The number of ether oxygens (including phenoxy) is 1. The largest absolute Gasteiger partial charge is 0.494 e. The van der Waals surface area contributed by atoms with Gasteiger partial charge in [0, 0.05) is 16.8 Å². The number of carbonyl (C=O) groups is 1. The fraction of sp³-hybridized carbons (Fsp3) is 0.350. The molecule has 0 aliphatic carbocycles. The van der Waals surface area contributed by atoms with E-state index >= 15 is 0 Å². The first-order chi connectivity index (χ1) is 13.9. The van der Waals surface area contributed by atoms with Gasteiger partial charge in [0.05, 0.1) is 50.0 Å². The Morgan fingerprint density at radius 1 is 1.28 bits per heavy atom. The summed E-state index contributed by atoms with van der Waals surface area (Å²) in [4.78, 5) is 26.6. The smallest absolute Gasteiger partial charge is 0.282 e. The van der Waals surface area contributed by atoms with E-state index in [9.17, 15) is 14.9 Å². The molecular formula is C20H24ClN4O4+. The number of nitro benzene ring substituents is 1. The Morgan fingerprint density at radius 3 is 2.62 bits per heavy atom. The molecule has 1 fully saturated rings. The predicted molar refractivity (Wildman–Crippen MR) is 112 cm³/mol. The number of nitrogens with one attached hydrogen (secondary N) is 2. The molecule has 1 saturated heterocycles. The van der Waals surface area contributed by atoms with Gasteiger partial charge in [0.2, 0.25) is 0 Å². The van der Waals surface area contributed by atoms with Gasteiger partial charge in [0.1, 0.15) is 5.75 Å². The predicted octanol–water partition coefficient (Wildman–Crippen LogP) is 1.99. The summed E-state index contributed by atoms with van der Waals surface area (Å²) in [6.07, 6.45) is 0. The first-order valence-corrected chi connectivity index (χ1v) is 9.75. The van der Waals surface area contributed by atoms with E-state index in [0.717, 1.165) is 31.9 Å². The molecule has 2 N–H and O–H groups in total.